The summed E-state index contributed by atoms with van der Waals surface area (Å²) in [7, 11) is 1.56. The van der Waals surface area contributed by atoms with E-state index >= 15 is 0 Å². The van der Waals surface area contributed by atoms with E-state index in [2.05, 4.69) is 10.6 Å². The summed E-state index contributed by atoms with van der Waals surface area (Å²) in [5, 5.41) is 6.04. The summed E-state index contributed by atoms with van der Waals surface area (Å²) in [4.78, 5) is 26.1. The molecule has 7 heteroatoms. The minimum absolute atomic E-state index is 0.0995. The maximum Gasteiger partial charge on any atom is 0.244 e. The fraction of sp³-hybridized carbons (Fsp3) is 0.529. The van der Waals surface area contributed by atoms with Gasteiger partial charge in [0.25, 0.3) is 0 Å². The van der Waals surface area contributed by atoms with Crippen molar-refractivity contribution in [1.82, 2.24) is 5.32 Å². The molecule has 0 saturated carbocycles. The molecule has 2 fully saturated rings. The number of amides is 2. The van der Waals surface area contributed by atoms with Crippen molar-refractivity contribution in [2.75, 3.05) is 37.0 Å². The monoisotopic (exact) mass is 333 g/mol. The van der Waals surface area contributed by atoms with Crippen LogP contribution in [0.3, 0.4) is 0 Å². The molecule has 0 unspecified atom stereocenters. The standard InChI is InChI=1S/C17H23N3O4/c1-11-16(18-7-9-24-11)17(22)19-12-5-6-13(14(10-12)23-2)20-8-3-4-15(20)21/h5-6,10-11,16,18H,3-4,7-9H2,1-2H3,(H,19,22)/t11-,16+/m1/s1. The SMILES string of the molecule is COc1cc(NC(=O)[C@H]2NCCO[C@@H]2C)ccc1N1CCCC1=O. The predicted molar refractivity (Wildman–Crippen MR) is 90.4 cm³/mol. The van der Waals surface area contributed by atoms with Crippen LogP contribution in [0, 0.1) is 0 Å². The third-order valence-electron chi connectivity index (χ3n) is 4.41. The van der Waals surface area contributed by atoms with Crippen LogP contribution in [0.15, 0.2) is 18.2 Å². The maximum absolute atomic E-state index is 12.4. The lowest BCUT2D eigenvalue weighted by Crippen LogP contribution is -2.53. The number of carbonyl (C=O) groups excluding carboxylic acids is 2. The van der Waals surface area contributed by atoms with E-state index in [4.69, 9.17) is 9.47 Å². The highest BCUT2D eigenvalue weighted by Gasteiger charge is 2.29. The van der Waals surface area contributed by atoms with Gasteiger partial charge < -0.3 is 25.0 Å². The smallest absolute Gasteiger partial charge is 0.244 e. The molecular weight excluding hydrogens is 310 g/mol. The van der Waals surface area contributed by atoms with Crippen LogP contribution in [-0.2, 0) is 14.3 Å². The van der Waals surface area contributed by atoms with E-state index < -0.39 is 0 Å². The Labute approximate surface area is 141 Å². The zero-order valence-electron chi connectivity index (χ0n) is 14.0. The van der Waals surface area contributed by atoms with E-state index in [1.807, 2.05) is 13.0 Å². The van der Waals surface area contributed by atoms with E-state index in [-0.39, 0.29) is 24.0 Å². The summed E-state index contributed by atoms with van der Waals surface area (Å²) in [6.07, 6.45) is 1.24. The molecule has 2 atom stereocenters. The molecule has 0 bridgehead atoms. The number of rotatable bonds is 4. The lowest BCUT2D eigenvalue weighted by Gasteiger charge is -2.29. The zero-order chi connectivity index (χ0) is 17.1. The van der Waals surface area contributed by atoms with Crippen molar-refractivity contribution < 1.29 is 19.1 Å². The van der Waals surface area contributed by atoms with Crippen LogP contribution < -0.4 is 20.3 Å². The molecule has 2 amide bonds. The Bertz CT molecular complexity index is 634. The Morgan fingerprint density at radius 2 is 2.29 bits per heavy atom. The average Bonchev–Trinajstić information content (AvgIpc) is 3.01. The predicted octanol–water partition coefficient (Wildman–Crippen LogP) is 1.14. The van der Waals surface area contributed by atoms with Gasteiger partial charge in [-0.1, -0.05) is 0 Å². The molecule has 0 aromatic heterocycles. The Balaban J connectivity index is 1.74. The molecule has 2 N–H and O–H groups in total. The zero-order valence-corrected chi connectivity index (χ0v) is 14.0. The number of carbonyl (C=O) groups is 2. The maximum atomic E-state index is 12.4. The Hall–Kier alpha value is -2.12. The highest BCUT2D eigenvalue weighted by molar-refractivity contribution is 5.98. The molecule has 0 radical (unpaired) electrons. The molecule has 2 aliphatic rings. The van der Waals surface area contributed by atoms with Gasteiger partial charge in [-0.15, -0.1) is 0 Å². The Morgan fingerprint density at radius 1 is 1.46 bits per heavy atom. The van der Waals surface area contributed by atoms with E-state index in [1.54, 1.807) is 24.1 Å². The van der Waals surface area contributed by atoms with Crippen LogP contribution in [0.25, 0.3) is 0 Å². The van der Waals surface area contributed by atoms with Gasteiger partial charge in [0.2, 0.25) is 11.8 Å². The number of nitrogens with one attached hydrogen (secondary N) is 2. The van der Waals surface area contributed by atoms with Gasteiger partial charge in [0.05, 0.1) is 25.5 Å². The van der Waals surface area contributed by atoms with Gasteiger partial charge in [0, 0.05) is 31.3 Å². The lowest BCUT2D eigenvalue weighted by molar-refractivity contribution is -0.123. The molecule has 1 aromatic rings. The lowest BCUT2D eigenvalue weighted by atomic mass is 10.1. The van der Waals surface area contributed by atoms with Gasteiger partial charge in [-0.05, 0) is 25.5 Å². The van der Waals surface area contributed by atoms with E-state index in [1.165, 1.54) is 0 Å². The molecule has 3 rings (SSSR count). The van der Waals surface area contributed by atoms with Crippen LogP contribution in [-0.4, -0.2) is 50.8 Å². The molecule has 2 saturated heterocycles. The molecule has 1 aromatic carbocycles. The van der Waals surface area contributed by atoms with Crippen molar-refractivity contribution in [1.29, 1.82) is 0 Å². The van der Waals surface area contributed by atoms with E-state index in [0.29, 0.717) is 37.6 Å². The molecule has 7 nitrogen and oxygen atoms in total. The molecular formula is C17H23N3O4. The molecule has 2 aliphatic heterocycles. The molecule has 2 heterocycles. The number of ether oxygens (including phenoxy) is 2. The van der Waals surface area contributed by atoms with Crippen molar-refractivity contribution in [3.05, 3.63) is 18.2 Å². The van der Waals surface area contributed by atoms with Gasteiger partial charge in [0.15, 0.2) is 0 Å². The second kappa shape index (κ2) is 7.19. The highest BCUT2D eigenvalue weighted by Crippen LogP contribution is 2.33. The van der Waals surface area contributed by atoms with Crippen LogP contribution in [0.2, 0.25) is 0 Å². The minimum atomic E-state index is -0.385. The van der Waals surface area contributed by atoms with Gasteiger partial charge in [-0.3, -0.25) is 9.59 Å². The largest absolute Gasteiger partial charge is 0.494 e. The topological polar surface area (TPSA) is 79.9 Å². The highest BCUT2D eigenvalue weighted by atomic mass is 16.5. The summed E-state index contributed by atoms with van der Waals surface area (Å²) >= 11 is 0. The first kappa shape index (κ1) is 16.7. The van der Waals surface area contributed by atoms with Gasteiger partial charge in [0.1, 0.15) is 11.8 Å². The van der Waals surface area contributed by atoms with Crippen LogP contribution >= 0.6 is 0 Å². The minimum Gasteiger partial charge on any atom is -0.494 e. The number of hydrogen-bond acceptors (Lipinski definition) is 5. The first-order chi connectivity index (χ1) is 11.6. The van der Waals surface area contributed by atoms with Crippen molar-refractivity contribution in [3.63, 3.8) is 0 Å². The van der Waals surface area contributed by atoms with Crippen molar-refractivity contribution in [2.45, 2.75) is 31.9 Å². The third kappa shape index (κ3) is 3.37. The van der Waals surface area contributed by atoms with Crippen molar-refractivity contribution in [2.24, 2.45) is 0 Å². The second-order valence-electron chi connectivity index (χ2n) is 6.03. The quantitative estimate of drug-likeness (QED) is 0.864. The second-order valence-corrected chi connectivity index (χ2v) is 6.03. The number of anilines is 2. The Morgan fingerprint density at radius 3 is 2.96 bits per heavy atom. The normalized spacial score (nSPS) is 24.1. The summed E-state index contributed by atoms with van der Waals surface area (Å²) in [5.74, 6) is 0.528. The van der Waals surface area contributed by atoms with Crippen molar-refractivity contribution in [3.8, 4) is 5.75 Å². The summed E-state index contributed by atoms with van der Waals surface area (Å²) < 4.78 is 10.9. The van der Waals surface area contributed by atoms with Gasteiger partial charge in [-0.2, -0.15) is 0 Å². The summed E-state index contributed by atoms with van der Waals surface area (Å²) in [6.45, 7) is 3.83. The van der Waals surface area contributed by atoms with E-state index in [0.717, 1.165) is 12.1 Å². The Kier molecular flexibility index (Phi) is 5.01. The first-order valence-corrected chi connectivity index (χ1v) is 8.24. The molecule has 0 aliphatic carbocycles. The van der Waals surface area contributed by atoms with Crippen molar-refractivity contribution >= 4 is 23.2 Å². The third-order valence-corrected chi connectivity index (χ3v) is 4.41. The number of hydrogen-bond donors (Lipinski definition) is 2. The summed E-state index contributed by atoms with van der Waals surface area (Å²) in [5.41, 5.74) is 1.37. The van der Waals surface area contributed by atoms with Crippen LogP contribution in [0.4, 0.5) is 11.4 Å². The number of methoxy groups -OCH3 is 1. The summed E-state index contributed by atoms with van der Waals surface area (Å²) in [6, 6.07) is 4.96. The number of benzene rings is 1. The molecule has 0 spiro atoms. The number of nitrogens with zero attached hydrogens (tertiary/aromatic N) is 1. The van der Waals surface area contributed by atoms with Gasteiger partial charge >= 0.3 is 0 Å². The fourth-order valence-corrected chi connectivity index (χ4v) is 3.13. The average molecular weight is 333 g/mol. The van der Waals surface area contributed by atoms with Gasteiger partial charge in [-0.25, -0.2) is 0 Å². The molecule has 24 heavy (non-hydrogen) atoms. The first-order valence-electron chi connectivity index (χ1n) is 8.24. The van der Waals surface area contributed by atoms with E-state index in [9.17, 15) is 9.59 Å². The van der Waals surface area contributed by atoms with Crippen LogP contribution in [0.1, 0.15) is 19.8 Å². The van der Waals surface area contributed by atoms with Crippen LogP contribution in [0.5, 0.6) is 5.75 Å². The molecule has 130 valence electrons. The number of morpholine rings is 1. The fourth-order valence-electron chi connectivity index (χ4n) is 3.13.